The molecule has 2 aromatic rings. The van der Waals surface area contributed by atoms with E-state index in [1.165, 1.54) is 16.7 Å². The van der Waals surface area contributed by atoms with Crippen LogP contribution < -0.4 is 0 Å². The second kappa shape index (κ2) is 7.29. The molecule has 0 unspecified atom stereocenters. The first kappa shape index (κ1) is 16.9. The minimum Gasteiger partial charge on any atom is -0.481 e. The van der Waals surface area contributed by atoms with Gasteiger partial charge in [-0.05, 0) is 23.9 Å². The maximum Gasteiger partial charge on any atom is 0.303 e. The van der Waals surface area contributed by atoms with Gasteiger partial charge in [0.05, 0.1) is 9.78 Å². The van der Waals surface area contributed by atoms with E-state index in [0.717, 1.165) is 4.88 Å². The summed E-state index contributed by atoms with van der Waals surface area (Å²) < 4.78 is 5.71. The maximum absolute atomic E-state index is 12.4. The lowest BCUT2D eigenvalue weighted by atomic mass is 10.3. The lowest BCUT2D eigenvalue weighted by Crippen LogP contribution is -2.29. The van der Waals surface area contributed by atoms with Gasteiger partial charge in [0.1, 0.15) is 10.0 Å². The van der Waals surface area contributed by atoms with E-state index in [1.54, 1.807) is 23.5 Å². The fourth-order valence-corrected chi connectivity index (χ4v) is 4.07. The average molecular weight is 380 g/mol. The summed E-state index contributed by atoms with van der Waals surface area (Å²) in [5, 5.41) is 14.6. The molecule has 1 aliphatic rings. The molecule has 1 saturated heterocycles. The van der Waals surface area contributed by atoms with E-state index in [2.05, 4.69) is 5.16 Å². The Morgan fingerprint density at radius 2 is 2.33 bits per heavy atom. The number of rotatable bonds is 6. The van der Waals surface area contributed by atoms with Gasteiger partial charge in [0, 0.05) is 19.0 Å². The number of aromatic nitrogens is 1. The van der Waals surface area contributed by atoms with E-state index in [0.29, 0.717) is 33.6 Å². The van der Waals surface area contributed by atoms with Gasteiger partial charge in [-0.25, -0.2) is 0 Å². The van der Waals surface area contributed by atoms with Crippen LogP contribution in [0.15, 0.2) is 33.0 Å². The molecule has 1 aliphatic heterocycles. The van der Waals surface area contributed by atoms with E-state index in [9.17, 15) is 9.59 Å². The summed E-state index contributed by atoms with van der Waals surface area (Å²) in [6, 6.07) is 5.62. The number of nitrogens with zero attached hydrogens (tertiary/aromatic N) is 2. The molecule has 2 aromatic heterocycles. The first-order chi connectivity index (χ1) is 11.5. The molecule has 0 radical (unpaired) electrons. The van der Waals surface area contributed by atoms with Gasteiger partial charge in [-0.1, -0.05) is 35.2 Å². The first-order valence-electron chi connectivity index (χ1n) is 7.02. The Labute approximate surface area is 151 Å². The number of carbonyl (C=O) groups excluding carboxylic acids is 1. The Hall–Kier alpha value is -1.97. The number of thiocarbonyl (C=S) groups is 1. The summed E-state index contributed by atoms with van der Waals surface area (Å²) in [7, 11) is 0. The lowest BCUT2D eigenvalue weighted by Gasteiger charge is -2.12. The average Bonchev–Trinajstić information content (AvgIpc) is 3.24. The van der Waals surface area contributed by atoms with Crippen molar-refractivity contribution in [3.63, 3.8) is 0 Å². The smallest absolute Gasteiger partial charge is 0.303 e. The number of hydrogen-bond donors (Lipinski definition) is 1. The van der Waals surface area contributed by atoms with Crippen LogP contribution in [-0.2, 0) is 9.59 Å². The highest BCUT2D eigenvalue weighted by molar-refractivity contribution is 8.26. The molecule has 24 heavy (non-hydrogen) atoms. The fourth-order valence-electron chi connectivity index (χ4n) is 2.11. The zero-order valence-corrected chi connectivity index (χ0v) is 14.7. The standard InChI is InChI=1S/C15H12N2O4S3/c18-13(19)4-1-5-17-14(20)12(24-15(17)22)8-9-7-10(21-16-9)11-3-2-6-23-11/h2-3,6-8H,1,4-5H2,(H,18,19). The number of thiophene rings is 1. The highest BCUT2D eigenvalue weighted by Gasteiger charge is 2.31. The molecule has 1 amide bonds. The van der Waals surface area contributed by atoms with Gasteiger partial charge in [0.25, 0.3) is 5.91 Å². The van der Waals surface area contributed by atoms with Crippen LogP contribution >= 0.6 is 35.3 Å². The summed E-state index contributed by atoms with van der Waals surface area (Å²) in [6.07, 6.45) is 2.00. The first-order valence-corrected chi connectivity index (χ1v) is 9.13. The third-order valence-electron chi connectivity index (χ3n) is 3.22. The van der Waals surface area contributed by atoms with Gasteiger partial charge >= 0.3 is 5.97 Å². The van der Waals surface area contributed by atoms with Gasteiger partial charge < -0.3 is 9.63 Å². The second-order valence-electron chi connectivity index (χ2n) is 4.92. The molecule has 3 heterocycles. The lowest BCUT2D eigenvalue weighted by molar-refractivity contribution is -0.137. The monoisotopic (exact) mass is 380 g/mol. The Morgan fingerprint density at radius 3 is 3.04 bits per heavy atom. The van der Waals surface area contributed by atoms with E-state index < -0.39 is 5.97 Å². The van der Waals surface area contributed by atoms with Gasteiger partial charge in [0.15, 0.2) is 5.76 Å². The van der Waals surface area contributed by atoms with Crippen molar-refractivity contribution in [2.24, 2.45) is 0 Å². The summed E-state index contributed by atoms with van der Waals surface area (Å²) in [5.74, 6) is -0.469. The van der Waals surface area contributed by atoms with Crippen molar-refractivity contribution in [2.45, 2.75) is 12.8 Å². The van der Waals surface area contributed by atoms with Crippen LogP contribution in [0.1, 0.15) is 18.5 Å². The third kappa shape index (κ3) is 3.74. The number of hydrogen-bond acceptors (Lipinski definition) is 7. The summed E-state index contributed by atoms with van der Waals surface area (Å²) in [4.78, 5) is 25.8. The van der Waals surface area contributed by atoms with Gasteiger partial charge in [-0.2, -0.15) is 0 Å². The number of carboxylic acids is 1. The molecular formula is C15H12N2O4S3. The Kier molecular flexibility index (Phi) is 5.12. The number of thioether (sulfide) groups is 1. The van der Waals surface area contributed by atoms with Crippen molar-refractivity contribution in [1.29, 1.82) is 0 Å². The van der Waals surface area contributed by atoms with E-state index >= 15 is 0 Å². The number of carbonyl (C=O) groups is 2. The molecular weight excluding hydrogens is 368 g/mol. The van der Waals surface area contributed by atoms with Crippen molar-refractivity contribution >= 4 is 57.6 Å². The van der Waals surface area contributed by atoms with Crippen LogP contribution in [0.25, 0.3) is 16.7 Å². The number of amides is 1. The van der Waals surface area contributed by atoms with Crippen molar-refractivity contribution in [3.05, 3.63) is 34.2 Å². The van der Waals surface area contributed by atoms with Crippen LogP contribution in [0.2, 0.25) is 0 Å². The molecule has 1 N–H and O–H groups in total. The number of carboxylic acid groups (broad SMARTS) is 1. The van der Waals surface area contributed by atoms with E-state index in [4.69, 9.17) is 21.8 Å². The highest BCUT2D eigenvalue weighted by Crippen LogP contribution is 2.33. The third-order valence-corrected chi connectivity index (χ3v) is 5.48. The van der Waals surface area contributed by atoms with Crippen molar-refractivity contribution in [1.82, 2.24) is 10.1 Å². The Morgan fingerprint density at radius 1 is 1.50 bits per heavy atom. The van der Waals surface area contributed by atoms with Crippen molar-refractivity contribution in [2.75, 3.05) is 6.54 Å². The molecule has 1 fully saturated rings. The van der Waals surface area contributed by atoms with Gasteiger partial charge in [0.2, 0.25) is 0 Å². The molecule has 9 heteroatoms. The van der Waals surface area contributed by atoms with Crippen molar-refractivity contribution in [3.8, 4) is 10.6 Å². The maximum atomic E-state index is 12.4. The zero-order chi connectivity index (χ0) is 17.1. The number of aliphatic carboxylic acids is 1. The fraction of sp³-hybridized carbons (Fsp3) is 0.200. The van der Waals surface area contributed by atoms with E-state index in [-0.39, 0.29) is 12.3 Å². The summed E-state index contributed by atoms with van der Waals surface area (Å²) in [6.45, 7) is 0.299. The topological polar surface area (TPSA) is 83.6 Å². The van der Waals surface area contributed by atoms with Crippen molar-refractivity contribution < 1.29 is 19.2 Å². The largest absolute Gasteiger partial charge is 0.481 e. The molecule has 124 valence electrons. The molecule has 0 atom stereocenters. The summed E-state index contributed by atoms with van der Waals surface area (Å²) in [5.41, 5.74) is 0.546. The van der Waals surface area contributed by atoms with Gasteiger partial charge in [-0.3, -0.25) is 14.5 Å². The van der Waals surface area contributed by atoms with Crippen LogP contribution in [0.4, 0.5) is 0 Å². The van der Waals surface area contributed by atoms with Crippen LogP contribution in [-0.4, -0.2) is 37.9 Å². The SMILES string of the molecule is O=C(O)CCCN1C(=O)C(=Cc2cc(-c3cccs3)on2)SC1=S. The molecule has 3 rings (SSSR count). The van der Waals surface area contributed by atoms with Crippen LogP contribution in [0.5, 0.6) is 0 Å². The Bertz CT molecular complexity index is 811. The molecule has 0 saturated carbocycles. The van der Waals surface area contributed by atoms with Crippen LogP contribution in [0, 0.1) is 0 Å². The molecule has 0 aliphatic carbocycles. The quantitative estimate of drug-likeness (QED) is 0.607. The zero-order valence-electron chi connectivity index (χ0n) is 12.3. The second-order valence-corrected chi connectivity index (χ2v) is 7.55. The predicted molar refractivity (Wildman–Crippen MR) is 96.6 cm³/mol. The summed E-state index contributed by atoms with van der Waals surface area (Å²) >= 11 is 7.92. The molecule has 0 bridgehead atoms. The minimum atomic E-state index is -0.889. The van der Waals surface area contributed by atoms with Gasteiger partial charge in [-0.15, -0.1) is 11.3 Å². The molecule has 6 nitrogen and oxygen atoms in total. The Balaban J connectivity index is 1.71. The normalized spacial score (nSPS) is 16.3. The highest BCUT2D eigenvalue weighted by atomic mass is 32.2. The predicted octanol–water partition coefficient (Wildman–Crippen LogP) is 3.47. The molecule has 0 spiro atoms. The van der Waals surface area contributed by atoms with E-state index in [1.807, 2.05) is 17.5 Å². The minimum absolute atomic E-state index is 0.00354. The molecule has 0 aromatic carbocycles. The van der Waals surface area contributed by atoms with Crippen LogP contribution in [0.3, 0.4) is 0 Å².